The Hall–Kier alpha value is -0.710. The lowest BCUT2D eigenvalue weighted by Gasteiger charge is -2.16. The number of nitrogens with two attached hydrogens (primary N) is 1. The molecule has 1 fully saturated rings. The molecule has 1 aliphatic heterocycles. The van der Waals surface area contributed by atoms with E-state index in [1.807, 2.05) is 31.2 Å². The minimum atomic E-state index is -0.998. The third kappa shape index (κ3) is 3.37. The van der Waals surface area contributed by atoms with Gasteiger partial charge in [0.15, 0.2) is 0 Å². The fourth-order valence-corrected chi connectivity index (χ4v) is 3.24. The van der Waals surface area contributed by atoms with E-state index in [2.05, 4.69) is 0 Å². The van der Waals surface area contributed by atoms with E-state index < -0.39 is 10.8 Å². The van der Waals surface area contributed by atoms with Gasteiger partial charge in [0.25, 0.3) is 0 Å². The van der Waals surface area contributed by atoms with Crippen molar-refractivity contribution in [3.05, 3.63) is 29.8 Å². The summed E-state index contributed by atoms with van der Waals surface area (Å²) in [6, 6.07) is 7.78. The van der Waals surface area contributed by atoms with Crippen LogP contribution in [0.4, 0.5) is 0 Å². The van der Waals surface area contributed by atoms with Gasteiger partial charge in [-0.3, -0.25) is 4.21 Å². The molecule has 0 aromatic heterocycles. The van der Waals surface area contributed by atoms with Gasteiger partial charge in [-0.25, -0.2) is 0 Å². The van der Waals surface area contributed by atoms with Crippen molar-refractivity contribution in [1.82, 2.24) is 0 Å². The average Bonchev–Trinajstić information content (AvgIpc) is 2.83. The summed E-state index contributed by atoms with van der Waals surface area (Å²) in [6.07, 6.45) is 0.992. The molecule has 3 unspecified atom stereocenters. The summed E-state index contributed by atoms with van der Waals surface area (Å²) in [5.41, 5.74) is 7.25. The summed E-state index contributed by atoms with van der Waals surface area (Å²) in [6.45, 7) is 3.52. The number of rotatable bonds is 4. The van der Waals surface area contributed by atoms with Crippen molar-refractivity contribution in [2.24, 2.45) is 11.7 Å². The Morgan fingerprint density at radius 2 is 2.18 bits per heavy atom. The van der Waals surface area contributed by atoms with Crippen LogP contribution in [0.5, 0.6) is 0 Å². The molecule has 0 aliphatic carbocycles. The number of hydrogen-bond acceptors (Lipinski definition) is 3. The average molecular weight is 253 g/mol. The second kappa shape index (κ2) is 5.76. The summed E-state index contributed by atoms with van der Waals surface area (Å²) in [5, 5.41) is 0. The van der Waals surface area contributed by atoms with Crippen molar-refractivity contribution < 1.29 is 8.95 Å². The third-order valence-electron chi connectivity index (χ3n) is 3.20. The number of hydrogen-bond donors (Lipinski definition) is 1. The van der Waals surface area contributed by atoms with Crippen LogP contribution in [0, 0.1) is 12.8 Å². The van der Waals surface area contributed by atoms with E-state index in [-0.39, 0.29) is 6.04 Å². The molecular formula is C13H19NO2S. The van der Waals surface area contributed by atoms with Crippen LogP contribution >= 0.6 is 0 Å². The van der Waals surface area contributed by atoms with Crippen LogP contribution in [0.1, 0.15) is 12.0 Å². The smallest absolute Gasteiger partial charge is 0.0545 e. The Morgan fingerprint density at radius 1 is 1.47 bits per heavy atom. The second-order valence-electron chi connectivity index (χ2n) is 4.61. The number of aryl methyl sites for hydroxylation is 1. The first-order chi connectivity index (χ1) is 8.16. The Kier molecular flexibility index (Phi) is 4.31. The van der Waals surface area contributed by atoms with E-state index in [0.29, 0.717) is 18.3 Å². The Balaban J connectivity index is 1.94. The maximum absolute atomic E-state index is 12.1. The highest BCUT2D eigenvalue weighted by atomic mass is 32.2. The molecule has 17 heavy (non-hydrogen) atoms. The highest BCUT2D eigenvalue weighted by molar-refractivity contribution is 7.85. The first-order valence-corrected chi connectivity index (χ1v) is 7.27. The van der Waals surface area contributed by atoms with E-state index in [4.69, 9.17) is 10.5 Å². The molecule has 0 amide bonds. The Labute approximate surface area is 105 Å². The Bertz CT molecular complexity index is 385. The highest BCUT2D eigenvalue weighted by Gasteiger charge is 2.24. The molecule has 1 aromatic carbocycles. The van der Waals surface area contributed by atoms with Crippen molar-refractivity contribution in [2.45, 2.75) is 24.3 Å². The minimum absolute atomic E-state index is 0.0281. The van der Waals surface area contributed by atoms with Gasteiger partial charge < -0.3 is 10.5 Å². The molecule has 0 saturated carbocycles. The van der Waals surface area contributed by atoms with Gasteiger partial charge in [0.2, 0.25) is 0 Å². The normalized spacial score (nSPS) is 23.5. The van der Waals surface area contributed by atoms with Gasteiger partial charge in [-0.15, -0.1) is 0 Å². The van der Waals surface area contributed by atoms with Crippen LogP contribution in [0.25, 0.3) is 0 Å². The predicted octanol–water partition coefficient (Wildman–Crippen LogP) is 1.47. The van der Waals surface area contributed by atoms with Crippen molar-refractivity contribution in [2.75, 3.05) is 19.0 Å². The zero-order valence-electron chi connectivity index (χ0n) is 10.1. The van der Waals surface area contributed by atoms with Crippen LogP contribution in [0.15, 0.2) is 29.2 Å². The number of benzene rings is 1. The Morgan fingerprint density at radius 3 is 2.76 bits per heavy atom. The van der Waals surface area contributed by atoms with Crippen LogP contribution in [0.2, 0.25) is 0 Å². The topological polar surface area (TPSA) is 52.3 Å². The molecule has 94 valence electrons. The van der Waals surface area contributed by atoms with Gasteiger partial charge in [0, 0.05) is 29.2 Å². The van der Waals surface area contributed by atoms with Gasteiger partial charge in [-0.2, -0.15) is 0 Å². The molecule has 0 radical (unpaired) electrons. The SMILES string of the molecule is Cc1ccc(S(=O)CC(N)C2CCOC2)cc1. The van der Waals surface area contributed by atoms with Gasteiger partial charge >= 0.3 is 0 Å². The maximum Gasteiger partial charge on any atom is 0.0545 e. The molecular weight excluding hydrogens is 234 g/mol. The summed E-state index contributed by atoms with van der Waals surface area (Å²) in [4.78, 5) is 0.866. The van der Waals surface area contributed by atoms with E-state index in [0.717, 1.165) is 17.9 Å². The summed E-state index contributed by atoms with van der Waals surface area (Å²) in [7, 11) is -0.998. The minimum Gasteiger partial charge on any atom is -0.381 e. The van der Waals surface area contributed by atoms with E-state index in [9.17, 15) is 4.21 Å². The fourth-order valence-electron chi connectivity index (χ4n) is 1.99. The largest absolute Gasteiger partial charge is 0.381 e. The van der Waals surface area contributed by atoms with Crippen molar-refractivity contribution >= 4 is 10.8 Å². The van der Waals surface area contributed by atoms with E-state index in [1.54, 1.807) is 0 Å². The molecule has 1 saturated heterocycles. The van der Waals surface area contributed by atoms with Crippen LogP contribution in [0.3, 0.4) is 0 Å². The monoisotopic (exact) mass is 253 g/mol. The van der Waals surface area contributed by atoms with Gasteiger partial charge in [0.05, 0.1) is 17.4 Å². The molecule has 3 nitrogen and oxygen atoms in total. The van der Waals surface area contributed by atoms with Gasteiger partial charge in [0.1, 0.15) is 0 Å². The lowest BCUT2D eigenvalue weighted by atomic mass is 10.0. The summed E-state index contributed by atoms with van der Waals surface area (Å²) in [5.74, 6) is 0.890. The highest BCUT2D eigenvalue weighted by Crippen LogP contribution is 2.18. The van der Waals surface area contributed by atoms with E-state index in [1.165, 1.54) is 5.56 Å². The quantitative estimate of drug-likeness (QED) is 0.884. The molecule has 4 heteroatoms. The molecule has 0 bridgehead atoms. The van der Waals surface area contributed by atoms with Crippen molar-refractivity contribution in [3.63, 3.8) is 0 Å². The van der Waals surface area contributed by atoms with Crippen molar-refractivity contribution in [1.29, 1.82) is 0 Å². The molecule has 1 aliphatic rings. The standard InChI is InChI=1S/C13H19NO2S/c1-10-2-4-12(5-3-10)17(15)9-13(14)11-6-7-16-8-11/h2-5,11,13H,6-9,14H2,1H3. The first kappa shape index (κ1) is 12.7. The molecule has 0 spiro atoms. The fraction of sp³-hybridized carbons (Fsp3) is 0.538. The summed E-state index contributed by atoms with van der Waals surface area (Å²) >= 11 is 0. The van der Waals surface area contributed by atoms with Crippen LogP contribution in [-0.2, 0) is 15.5 Å². The van der Waals surface area contributed by atoms with Crippen LogP contribution in [-0.4, -0.2) is 29.2 Å². The molecule has 1 heterocycles. The lowest BCUT2D eigenvalue weighted by Crippen LogP contribution is -2.35. The zero-order chi connectivity index (χ0) is 12.3. The third-order valence-corrected chi connectivity index (χ3v) is 4.68. The predicted molar refractivity (Wildman–Crippen MR) is 69.4 cm³/mol. The lowest BCUT2D eigenvalue weighted by molar-refractivity contribution is 0.182. The molecule has 2 rings (SSSR count). The van der Waals surface area contributed by atoms with Crippen LogP contribution < -0.4 is 5.73 Å². The number of ether oxygens (including phenoxy) is 1. The molecule has 3 atom stereocenters. The molecule has 2 N–H and O–H groups in total. The second-order valence-corrected chi connectivity index (χ2v) is 6.11. The van der Waals surface area contributed by atoms with E-state index >= 15 is 0 Å². The van der Waals surface area contributed by atoms with Gasteiger partial charge in [-0.1, -0.05) is 17.7 Å². The molecule has 1 aromatic rings. The zero-order valence-corrected chi connectivity index (χ0v) is 10.9. The first-order valence-electron chi connectivity index (χ1n) is 5.95. The maximum atomic E-state index is 12.1. The van der Waals surface area contributed by atoms with Crippen molar-refractivity contribution in [3.8, 4) is 0 Å². The van der Waals surface area contributed by atoms with Gasteiger partial charge in [-0.05, 0) is 25.5 Å². The summed E-state index contributed by atoms with van der Waals surface area (Å²) < 4.78 is 17.4.